The molecule has 1 saturated heterocycles. The normalized spacial score (nSPS) is 14.6. The minimum Gasteiger partial charge on any atom is -0.489 e. The van der Waals surface area contributed by atoms with Gasteiger partial charge < -0.3 is 14.8 Å². The quantitative estimate of drug-likeness (QED) is 0.243. The molecule has 0 unspecified atom stereocenters. The first-order valence-corrected chi connectivity index (χ1v) is 8.75. The number of benzene rings is 2. The fourth-order valence-corrected chi connectivity index (χ4v) is 2.66. The molecule has 1 heterocycles. The number of imide groups is 1. The van der Waals surface area contributed by atoms with Crippen molar-refractivity contribution >= 4 is 29.7 Å². The van der Waals surface area contributed by atoms with Gasteiger partial charge in [-0.15, -0.1) is 0 Å². The number of carbonyl (C=O) groups excluding carboxylic acids is 3. The van der Waals surface area contributed by atoms with E-state index in [9.17, 15) is 24.5 Å². The summed E-state index contributed by atoms with van der Waals surface area (Å²) in [5.41, 5.74) is 1.30. The molecule has 10 nitrogen and oxygen atoms in total. The van der Waals surface area contributed by atoms with Crippen molar-refractivity contribution in [3.8, 4) is 5.75 Å². The summed E-state index contributed by atoms with van der Waals surface area (Å²) in [6, 6.07) is 12.1. The van der Waals surface area contributed by atoms with Gasteiger partial charge >= 0.3 is 12.0 Å². The van der Waals surface area contributed by atoms with Crippen molar-refractivity contribution in [3.63, 3.8) is 0 Å². The van der Waals surface area contributed by atoms with Crippen LogP contribution < -0.4 is 10.1 Å². The van der Waals surface area contributed by atoms with Gasteiger partial charge in [-0.1, -0.05) is 24.3 Å². The van der Waals surface area contributed by atoms with Crippen LogP contribution in [0.25, 0.3) is 6.08 Å². The third-order valence-corrected chi connectivity index (χ3v) is 4.20. The van der Waals surface area contributed by atoms with Crippen LogP contribution in [0.1, 0.15) is 11.1 Å². The molecule has 0 radical (unpaired) electrons. The lowest BCUT2D eigenvalue weighted by molar-refractivity contribution is -0.384. The molecule has 0 aromatic heterocycles. The molecule has 0 saturated carbocycles. The van der Waals surface area contributed by atoms with Crippen molar-refractivity contribution in [2.45, 2.75) is 6.61 Å². The molecule has 0 spiro atoms. The predicted molar refractivity (Wildman–Crippen MR) is 104 cm³/mol. The number of amides is 3. The topological polar surface area (TPSA) is 128 Å². The number of non-ortho nitro benzene ring substituents is 1. The minimum atomic E-state index is -0.704. The highest BCUT2D eigenvalue weighted by Gasteiger charge is 2.35. The van der Waals surface area contributed by atoms with Gasteiger partial charge in [0.15, 0.2) is 0 Å². The maximum atomic E-state index is 12.3. The van der Waals surface area contributed by atoms with Gasteiger partial charge in [-0.05, 0) is 29.3 Å². The molecule has 0 bridgehead atoms. The second kappa shape index (κ2) is 8.86. The molecule has 1 aliphatic heterocycles. The van der Waals surface area contributed by atoms with Gasteiger partial charge in [0.25, 0.3) is 11.6 Å². The summed E-state index contributed by atoms with van der Waals surface area (Å²) in [6.45, 7) is -0.317. The lowest BCUT2D eigenvalue weighted by Crippen LogP contribution is -2.36. The number of nitro benzene ring substituents is 1. The Morgan fingerprint density at radius 1 is 1.20 bits per heavy atom. The summed E-state index contributed by atoms with van der Waals surface area (Å²) in [5, 5.41) is 13.2. The van der Waals surface area contributed by atoms with Crippen molar-refractivity contribution in [2.75, 3.05) is 13.7 Å². The fourth-order valence-electron chi connectivity index (χ4n) is 2.66. The van der Waals surface area contributed by atoms with E-state index < -0.39 is 29.4 Å². The van der Waals surface area contributed by atoms with Crippen LogP contribution in [0.5, 0.6) is 5.75 Å². The summed E-state index contributed by atoms with van der Waals surface area (Å²) < 4.78 is 10.1. The lowest BCUT2D eigenvalue weighted by atomic mass is 10.2. The molecule has 1 N–H and O–H groups in total. The standard InChI is InChI=1S/C20H17N3O7/c1-29-18(24)11-22-19(25)17(21-20(22)26)10-13-5-7-16(8-6-13)30-12-14-3-2-4-15(9-14)23(27)28/h2-10H,11-12H2,1H3,(H,21,26)/b17-10+. The highest BCUT2D eigenvalue weighted by molar-refractivity contribution is 6.15. The number of nitro groups is 1. The van der Waals surface area contributed by atoms with Crippen LogP contribution in [0.15, 0.2) is 54.2 Å². The summed E-state index contributed by atoms with van der Waals surface area (Å²) in [4.78, 5) is 46.6. The molecule has 0 atom stereocenters. The molecule has 1 aliphatic rings. The predicted octanol–water partition coefficient (Wildman–Crippen LogP) is 2.24. The lowest BCUT2D eigenvalue weighted by Gasteiger charge is -2.09. The zero-order valence-electron chi connectivity index (χ0n) is 15.9. The molecule has 2 aromatic rings. The van der Waals surface area contributed by atoms with Crippen molar-refractivity contribution in [1.82, 2.24) is 10.2 Å². The van der Waals surface area contributed by atoms with Crippen molar-refractivity contribution in [2.24, 2.45) is 0 Å². The Labute approximate surface area is 170 Å². The Balaban J connectivity index is 1.64. The van der Waals surface area contributed by atoms with Crippen LogP contribution in [0.3, 0.4) is 0 Å². The van der Waals surface area contributed by atoms with Crippen LogP contribution in [0.4, 0.5) is 10.5 Å². The van der Waals surface area contributed by atoms with Gasteiger partial charge in [0, 0.05) is 12.1 Å². The first-order valence-electron chi connectivity index (χ1n) is 8.75. The molecular weight excluding hydrogens is 394 g/mol. The third-order valence-electron chi connectivity index (χ3n) is 4.20. The number of hydrogen-bond acceptors (Lipinski definition) is 7. The van der Waals surface area contributed by atoms with Gasteiger partial charge in [0.1, 0.15) is 24.6 Å². The Hall–Kier alpha value is -4.21. The fraction of sp³-hybridized carbons (Fsp3) is 0.150. The number of nitrogens with one attached hydrogen (secondary N) is 1. The third kappa shape index (κ3) is 4.79. The Morgan fingerprint density at radius 2 is 1.93 bits per heavy atom. The molecular formula is C20H17N3O7. The van der Waals surface area contributed by atoms with Crippen molar-refractivity contribution in [3.05, 3.63) is 75.5 Å². The average Bonchev–Trinajstić information content (AvgIpc) is 3.00. The van der Waals surface area contributed by atoms with E-state index in [0.717, 1.165) is 4.90 Å². The highest BCUT2D eigenvalue weighted by Crippen LogP contribution is 2.19. The van der Waals surface area contributed by atoms with E-state index in [0.29, 0.717) is 16.9 Å². The zero-order chi connectivity index (χ0) is 21.7. The van der Waals surface area contributed by atoms with Crippen LogP contribution in [0.2, 0.25) is 0 Å². The van der Waals surface area contributed by atoms with E-state index in [2.05, 4.69) is 10.1 Å². The van der Waals surface area contributed by atoms with E-state index in [1.54, 1.807) is 36.4 Å². The maximum absolute atomic E-state index is 12.3. The second-order valence-corrected chi connectivity index (χ2v) is 6.24. The van der Waals surface area contributed by atoms with E-state index in [4.69, 9.17) is 4.74 Å². The number of ether oxygens (including phenoxy) is 2. The molecule has 2 aromatic carbocycles. The molecule has 10 heteroatoms. The maximum Gasteiger partial charge on any atom is 0.329 e. The Bertz CT molecular complexity index is 1030. The van der Waals surface area contributed by atoms with E-state index in [1.165, 1.54) is 25.3 Å². The molecule has 154 valence electrons. The number of rotatable bonds is 7. The molecule has 0 aliphatic carbocycles. The molecule has 3 amide bonds. The number of carbonyl (C=O) groups is 3. The highest BCUT2D eigenvalue weighted by atomic mass is 16.6. The smallest absolute Gasteiger partial charge is 0.329 e. The molecule has 30 heavy (non-hydrogen) atoms. The van der Waals surface area contributed by atoms with E-state index >= 15 is 0 Å². The monoisotopic (exact) mass is 411 g/mol. The van der Waals surface area contributed by atoms with Gasteiger partial charge in [-0.2, -0.15) is 0 Å². The second-order valence-electron chi connectivity index (χ2n) is 6.24. The van der Waals surface area contributed by atoms with Crippen LogP contribution >= 0.6 is 0 Å². The number of urea groups is 1. The average molecular weight is 411 g/mol. The van der Waals surface area contributed by atoms with E-state index in [1.807, 2.05) is 0 Å². The first kappa shape index (κ1) is 20.5. The Morgan fingerprint density at radius 3 is 2.60 bits per heavy atom. The van der Waals surface area contributed by atoms with E-state index in [-0.39, 0.29) is 18.0 Å². The summed E-state index contributed by atoms with van der Waals surface area (Å²) in [5.74, 6) is -0.806. The number of esters is 1. The SMILES string of the molecule is COC(=O)CN1C(=O)N/C(=C/c2ccc(OCc3cccc([N+](=O)[O-])c3)cc2)C1=O. The summed E-state index contributed by atoms with van der Waals surface area (Å²) in [6.07, 6.45) is 1.47. The van der Waals surface area contributed by atoms with Crippen LogP contribution in [-0.2, 0) is 20.9 Å². The van der Waals surface area contributed by atoms with Gasteiger partial charge in [-0.3, -0.25) is 19.7 Å². The van der Waals surface area contributed by atoms with Gasteiger partial charge in [-0.25, -0.2) is 9.69 Å². The number of methoxy groups -OCH3 is 1. The zero-order valence-corrected chi connectivity index (χ0v) is 15.9. The first-order chi connectivity index (χ1) is 14.4. The summed E-state index contributed by atoms with van der Waals surface area (Å²) in [7, 11) is 1.17. The Kier molecular flexibility index (Phi) is 6.06. The van der Waals surface area contributed by atoms with Crippen molar-refractivity contribution in [1.29, 1.82) is 0 Å². The van der Waals surface area contributed by atoms with Crippen LogP contribution in [0, 0.1) is 10.1 Å². The largest absolute Gasteiger partial charge is 0.489 e. The number of nitrogens with zero attached hydrogens (tertiary/aromatic N) is 2. The van der Waals surface area contributed by atoms with Gasteiger partial charge in [0.2, 0.25) is 0 Å². The van der Waals surface area contributed by atoms with Gasteiger partial charge in [0.05, 0.1) is 12.0 Å². The molecule has 1 fully saturated rings. The van der Waals surface area contributed by atoms with Crippen molar-refractivity contribution < 1.29 is 28.8 Å². The summed E-state index contributed by atoms with van der Waals surface area (Å²) >= 11 is 0. The van der Waals surface area contributed by atoms with Crippen LogP contribution in [-0.4, -0.2) is 41.4 Å². The minimum absolute atomic E-state index is 0.0115. The molecule has 3 rings (SSSR count). The number of hydrogen-bond donors (Lipinski definition) is 1.